The number of hydrogen-bond acceptors (Lipinski definition) is 2. The van der Waals surface area contributed by atoms with Crippen LogP contribution >= 0.6 is 0 Å². The van der Waals surface area contributed by atoms with Gasteiger partial charge in [-0.1, -0.05) is 59.7 Å². The van der Waals surface area contributed by atoms with E-state index in [-0.39, 0.29) is 0 Å². The van der Waals surface area contributed by atoms with Crippen LogP contribution in [0.25, 0.3) is 0 Å². The molecule has 0 heterocycles. The molecule has 0 saturated heterocycles. The maximum Gasteiger partial charge on any atom is 0.0251 e. The van der Waals surface area contributed by atoms with Crippen molar-refractivity contribution < 1.29 is 0 Å². The Bertz CT molecular complexity index is 528. The third-order valence-electron chi connectivity index (χ3n) is 3.86. The van der Waals surface area contributed by atoms with Crippen molar-refractivity contribution in [2.75, 3.05) is 0 Å². The first-order chi connectivity index (χ1) is 10.2. The highest BCUT2D eigenvalue weighted by molar-refractivity contribution is 5.29. The highest BCUT2D eigenvalue weighted by atomic mass is 15.2. The van der Waals surface area contributed by atoms with Crippen molar-refractivity contribution in [3.8, 4) is 0 Å². The number of nitrogens with one attached hydrogen (secondary N) is 1. The van der Waals surface area contributed by atoms with Crippen LogP contribution in [0.15, 0.2) is 48.5 Å². The highest BCUT2D eigenvalue weighted by Gasteiger charge is 2.08. The second kappa shape index (κ2) is 7.96. The fourth-order valence-corrected chi connectivity index (χ4v) is 2.91. The Morgan fingerprint density at radius 1 is 0.952 bits per heavy atom. The first-order valence-electron chi connectivity index (χ1n) is 7.74. The van der Waals surface area contributed by atoms with Crippen LogP contribution in [0.5, 0.6) is 0 Å². The lowest BCUT2D eigenvalue weighted by Gasteiger charge is -2.16. The lowest BCUT2D eigenvalue weighted by atomic mass is 9.97. The molecule has 0 fully saturated rings. The maximum absolute atomic E-state index is 5.73. The van der Waals surface area contributed by atoms with Crippen molar-refractivity contribution >= 4 is 0 Å². The maximum atomic E-state index is 5.73. The fraction of sp³-hybridized carbons (Fsp3) is 0.368. The van der Waals surface area contributed by atoms with Gasteiger partial charge in [0.25, 0.3) is 0 Å². The molecule has 2 aromatic carbocycles. The SMILES string of the molecule is Cc1cc(C)cc(CC(CCCc2ccccc2)NN)c1. The van der Waals surface area contributed by atoms with E-state index in [1.807, 2.05) is 0 Å². The van der Waals surface area contributed by atoms with Gasteiger partial charge in [0, 0.05) is 6.04 Å². The molecule has 0 spiro atoms. The molecule has 3 N–H and O–H groups in total. The number of rotatable bonds is 7. The zero-order valence-corrected chi connectivity index (χ0v) is 13.1. The summed E-state index contributed by atoms with van der Waals surface area (Å²) in [5, 5.41) is 0. The number of hydrazine groups is 1. The molecule has 2 aromatic rings. The Balaban J connectivity index is 1.85. The van der Waals surface area contributed by atoms with Crippen LogP contribution in [-0.4, -0.2) is 6.04 Å². The first-order valence-corrected chi connectivity index (χ1v) is 7.74. The van der Waals surface area contributed by atoms with Crippen molar-refractivity contribution in [3.05, 3.63) is 70.8 Å². The summed E-state index contributed by atoms with van der Waals surface area (Å²) in [5.74, 6) is 5.73. The zero-order chi connectivity index (χ0) is 15.1. The van der Waals surface area contributed by atoms with Crippen LogP contribution in [0.2, 0.25) is 0 Å². The molecule has 0 aromatic heterocycles. The Morgan fingerprint density at radius 3 is 2.24 bits per heavy atom. The van der Waals surface area contributed by atoms with Crippen LogP contribution in [0.1, 0.15) is 35.1 Å². The van der Waals surface area contributed by atoms with E-state index >= 15 is 0 Å². The summed E-state index contributed by atoms with van der Waals surface area (Å²) in [5.41, 5.74) is 8.40. The monoisotopic (exact) mass is 282 g/mol. The molecular formula is C19H26N2. The van der Waals surface area contributed by atoms with Crippen LogP contribution in [0.4, 0.5) is 0 Å². The van der Waals surface area contributed by atoms with E-state index in [1.54, 1.807) is 0 Å². The third-order valence-corrected chi connectivity index (χ3v) is 3.86. The second-order valence-electron chi connectivity index (χ2n) is 5.94. The summed E-state index contributed by atoms with van der Waals surface area (Å²) in [6.07, 6.45) is 4.36. The van der Waals surface area contributed by atoms with Crippen LogP contribution in [0, 0.1) is 13.8 Å². The fourth-order valence-electron chi connectivity index (χ4n) is 2.91. The van der Waals surface area contributed by atoms with Gasteiger partial charge < -0.3 is 0 Å². The minimum Gasteiger partial charge on any atom is -0.271 e. The van der Waals surface area contributed by atoms with Gasteiger partial charge in [-0.05, 0) is 50.7 Å². The predicted molar refractivity (Wildman–Crippen MR) is 90.1 cm³/mol. The summed E-state index contributed by atoms with van der Waals surface area (Å²) in [6, 6.07) is 17.7. The molecular weight excluding hydrogens is 256 g/mol. The van der Waals surface area contributed by atoms with E-state index in [2.05, 4.69) is 67.8 Å². The van der Waals surface area contributed by atoms with Gasteiger partial charge in [-0.25, -0.2) is 0 Å². The van der Waals surface area contributed by atoms with Gasteiger partial charge in [-0.2, -0.15) is 0 Å². The molecule has 0 radical (unpaired) electrons. The average molecular weight is 282 g/mol. The molecule has 1 atom stereocenters. The van der Waals surface area contributed by atoms with Gasteiger partial charge in [0.1, 0.15) is 0 Å². The molecule has 0 aliphatic carbocycles. The van der Waals surface area contributed by atoms with Gasteiger partial charge in [-0.3, -0.25) is 11.3 Å². The summed E-state index contributed by atoms with van der Waals surface area (Å²) in [4.78, 5) is 0. The zero-order valence-electron chi connectivity index (χ0n) is 13.1. The number of hydrogen-bond donors (Lipinski definition) is 2. The summed E-state index contributed by atoms with van der Waals surface area (Å²) in [7, 11) is 0. The van der Waals surface area contributed by atoms with Crippen molar-refractivity contribution in [1.82, 2.24) is 5.43 Å². The number of aryl methyl sites for hydroxylation is 3. The van der Waals surface area contributed by atoms with Gasteiger partial charge in [0.15, 0.2) is 0 Å². The molecule has 21 heavy (non-hydrogen) atoms. The Morgan fingerprint density at radius 2 is 1.62 bits per heavy atom. The summed E-state index contributed by atoms with van der Waals surface area (Å²) in [6.45, 7) is 4.30. The first kappa shape index (κ1) is 15.7. The molecule has 1 unspecified atom stereocenters. The van der Waals surface area contributed by atoms with Crippen molar-refractivity contribution in [2.24, 2.45) is 5.84 Å². The smallest absolute Gasteiger partial charge is 0.0251 e. The Kier molecular flexibility index (Phi) is 5.97. The quantitative estimate of drug-likeness (QED) is 0.600. The van der Waals surface area contributed by atoms with E-state index < -0.39 is 0 Å². The summed E-state index contributed by atoms with van der Waals surface area (Å²) >= 11 is 0. The molecule has 2 heteroatoms. The van der Waals surface area contributed by atoms with E-state index in [0.29, 0.717) is 6.04 Å². The molecule has 0 saturated carbocycles. The molecule has 0 amide bonds. The standard InChI is InChI=1S/C19H26N2/c1-15-11-16(2)13-18(12-15)14-19(21-20)10-6-9-17-7-4-3-5-8-17/h3-5,7-8,11-13,19,21H,6,9-10,14,20H2,1-2H3. The van der Waals surface area contributed by atoms with E-state index in [1.165, 1.54) is 22.3 Å². The minimum absolute atomic E-state index is 0.343. The lowest BCUT2D eigenvalue weighted by molar-refractivity contribution is 0.476. The average Bonchev–Trinajstić information content (AvgIpc) is 2.46. The topological polar surface area (TPSA) is 38.0 Å². The van der Waals surface area contributed by atoms with Gasteiger partial charge in [-0.15, -0.1) is 0 Å². The number of benzene rings is 2. The Hall–Kier alpha value is -1.64. The van der Waals surface area contributed by atoms with Crippen LogP contribution in [-0.2, 0) is 12.8 Å². The van der Waals surface area contributed by atoms with Crippen molar-refractivity contribution in [3.63, 3.8) is 0 Å². The number of nitrogens with two attached hydrogens (primary N) is 1. The third kappa shape index (κ3) is 5.33. The normalized spacial score (nSPS) is 12.3. The van der Waals surface area contributed by atoms with Crippen molar-refractivity contribution in [1.29, 1.82) is 0 Å². The lowest BCUT2D eigenvalue weighted by Crippen LogP contribution is -2.36. The largest absolute Gasteiger partial charge is 0.271 e. The van der Waals surface area contributed by atoms with Crippen LogP contribution in [0.3, 0.4) is 0 Å². The van der Waals surface area contributed by atoms with Gasteiger partial charge in [0.2, 0.25) is 0 Å². The predicted octanol–water partition coefficient (Wildman–Crippen LogP) is 3.70. The van der Waals surface area contributed by atoms with E-state index in [0.717, 1.165) is 25.7 Å². The molecule has 2 rings (SSSR count). The summed E-state index contributed by atoms with van der Waals surface area (Å²) < 4.78 is 0. The molecule has 0 bridgehead atoms. The highest BCUT2D eigenvalue weighted by Crippen LogP contribution is 2.14. The molecule has 112 valence electrons. The van der Waals surface area contributed by atoms with Crippen molar-refractivity contribution in [2.45, 2.75) is 45.6 Å². The minimum atomic E-state index is 0.343. The molecule has 0 aliphatic heterocycles. The van der Waals surface area contributed by atoms with E-state index in [9.17, 15) is 0 Å². The van der Waals surface area contributed by atoms with Gasteiger partial charge in [0.05, 0.1) is 0 Å². The van der Waals surface area contributed by atoms with E-state index in [4.69, 9.17) is 5.84 Å². The second-order valence-corrected chi connectivity index (χ2v) is 5.94. The van der Waals surface area contributed by atoms with Gasteiger partial charge >= 0.3 is 0 Å². The Labute approximate surface area is 128 Å². The molecule has 2 nitrogen and oxygen atoms in total. The molecule has 0 aliphatic rings. The van der Waals surface area contributed by atoms with Crippen LogP contribution < -0.4 is 11.3 Å².